The van der Waals surface area contributed by atoms with Crippen LogP contribution in [0.2, 0.25) is 0 Å². The fraction of sp³-hybridized carbons (Fsp3) is 0.923. The van der Waals surface area contributed by atoms with E-state index in [4.69, 9.17) is 4.74 Å². The van der Waals surface area contributed by atoms with Gasteiger partial charge in [0.25, 0.3) is 0 Å². The Hall–Kier alpha value is -0.740. The molecule has 0 bridgehead atoms. The number of carbonyl (C=O) groups excluding carboxylic acids is 2. The van der Waals surface area contributed by atoms with Crippen molar-refractivity contribution < 1.29 is 14.3 Å². The zero-order valence-corrected chi connectivity index (χ0v) is 19.2. The fourth-order valence-electron chi connectivity index (χ4n) is 8.46. The quantitative estimate of drug-likeness (QED) is 0.671. The van der Waals surface area contributed by atoms with Gasteiger partial charge in [-0.1, -0.05) is 20.3 Å². The molecule has 5 aliphatic rings. The summed E-state index contributed by atoms with van der Waals surface area (Å²) >= 11 is 0. The third-order valence-electron chi connectivity index (χ3n) is 10.3. The molecule has 4 nitrogen and oxygen atoms in total. The second-order valence-electron chi connectivity index (χ2n) is 11.7. The Labute approximate surface area is 182 Å². The first kappa shape index (κ1) is 21.1. The monoisotopic (exact) mass is 415 g/mol. The molecule has 30 heavy (non-hydrogen) atoms. The highest BCUT2D eigenvalue weighted by Crippen LogP contribution is 2.64. The van der Waals surface area contributed by atoms with E-state index in [0.29, 0.717) is 29.3 Å². The average molecular weight is 416 g/mol. The topological polar surface area (TPSA) is 46.6 Å². The third kappa shape index (κ3) is 3.41. The van der Waals surface area contributed by atoms with Crippen molar-refractivity contribution in [2.75, 3.05) is 26.2 Å². The molecule has 0 radical (unpaired) electrons. The predicted molar refractivity (Wildman–Crippen MR) is 117 cm³/mol. The van der Waals surface area contributed by atoms with Gasteiger partial charge in [0.15, 0.2) is 0 Å². The summed E-state index contributed by atoms with van der Waals surface area (Å²) < 4.78 is 6.32. The van der Waals surface area contributed by atoms with Gasteiger partial charge in [0.05, 0.1) is 12.7 Å². The number of piperidine rings is 1. The van der Waals surface area contributed by atoms with Crippen molar-refractivity contribution in [1.82, 2.24) is 4.90 Å². The maximum absolute atomic E-state index is 13.4. The van der Waals surface area contributed by atoms with Crippen molar-refractivity contribution in [1.29, 1.82) is 0 Å². The maximum atomic E-state index is 13.4. The summed E-state index contributed by atoms with van der Waals surface area (Å²) in [7, 11) is 0. The second kappa shape index (κ2) is 7.99. The van der Waals surface area contributed by atoms with Crippen LogP contribution in [0.1, 0.15) is 84.5 Å². The van der Waals surface area contributed by atoms with E-state index >= 15 is 0 Å². The van der Waals surface area contributed by atoms with Gasteiger partial charge in [0.1, 0.15) is 11.6 Å². The number of ether oxygens (including phenoxy) is 1. The molecular formula is C26H41NO3. The normalized spacial score (nSPS) is 46.9. The summed E-state index contributed by atoms with van der Waals surface area (Å²) in [5.74, 6) is 2.64. The van der Waals surface area contributed by atoms with Gasteiger partial charge in [0, 0.05) is 30.7 Å². The molecule has 1 aliphatic heterocycles. The Morgan fingerprint density at radius 2 is 1.80 bits per heavy atom. The molecule has 4 heteroatoms. The van der Waals surface area contributed by atoms with Gasteiger partial charge in [-0.25, -0.2) is 0 Å². The minimum Gasteiger partial charge on any atom is -0.377 e. The Morgan fingerprint density at radius 1 is 1.00 bits per heavy atom. The highest BCUT2D eigenvalue weighted by molar-refractivity contribution is 5.88. The Bertz CT molecular complexity index is 686. The van der Waals surface area contributed by atoms with E-state index in [2.05, 4.69) is 18.7 Å². The predicted octanol–water partition coefficient (Wildman–Crippen LogP) is 4.65. The van der Waals surface area contributed by atoms with Crippen LogP contribution in [0.3, 0.4) is 0 Å². The Balaban J connectivity index is 1.23. The lowest BCUT2D eigenvalue weighted by Gasteiger charge is -2.59. The Morgan fingerprint density at radius 3 is 2.60 bits per heavy atom. The number of likely N-dealkylation sites (tertiary alicyclic amines) is 1. The molecule has 0 amide bonds. The van der Waals surface area contributed by atoms with Crippen LogP contribution in [0.25, 0.3) is 0 Å². The van der Waals surface area contributed by atoms with Crippen LogP contribution in [-0.4, -0.2) is 48.8 Å². The molecule has 0 aromatic rings. The molecule has 2 unspecified atom stereocenters. The van der Waals surface area contributed by atoms with Crippen LogP contribution in [0.4, 0.5) is 0 Å². The summed E-state index contributed by atoms with van der Waals surface area (Å²) in [4.78, 5) is 28.5. The SMILES string of the molecule is C[C@]12CCC(OCCN3CCCCC3)CC1C(=O)C[C@@H]1[C@H]2CC[C@]2(C)C(=O)CC[C@@H]12. The van der Waals surface area contributed by atoms with Crippen molar-refractivity contribution in [2.45, 2.75) is 90.6 Å². The van der Waals surface area contributed by atoms with Gasteiger partial charge in [-0.15, -0.1) is 0 Å². The lowest BCUT2D eigenvalue weighted by Crippen LogP contribution is -2.57. The number of carbonyl (C=O) groups is 2. The number of rotatable bonds is 4. The number of ketones is 2. The van der Waals surface area contributed by atoms with E-state index < -0.39 is 0 Å². The lowest BCUT2D eigenvalue weighted by molar-refractivity contribution is -0.163. The largest absolute Gasteiger partial charge is 0.377 e. The molecule has 0 N–H and O–H groups in total. The minimum absolute atomic E-state index is 0.125. The van der Waals surface area contributed by atoms with Crippen molar-refractivity contribution in [3.63, 3.8) is 0 Å². The number of hydrogen-bond donors (Lipinski definition) is 0. The lowest BCUT2D eigenvalue weighted by atomic mass is 9.45. The molecule has 4 saturated carbocycles. The van der Waals surface area contributed by atoms with E-state index in [1.54, 1.807) is 0 Å². The van der Waals surface area contributed by atoms with Crippen molar-refractivity contribution in [3.05, 3.63) is 0 Å². The number of Topliss-reactive ketones (excluding diaryl/α,β-unsaturated/α-hetero) is 2. The van der Waals surface area contributed by atoms with Gasteiger partial charge in [-0.05, 0) is 87.6 Å². The molecular weight excluding hydrogens is 374 g/mol. The van der Waals surface area contributed by atoms with Gasteiger partial charge in [-0.3, -0.25) is 9.59 Å². The van der Waals surface area contributed by atoms with E-state index in [1.807, 2.05) is 0 Å². The van der Waals surface area contributed by atoms with Crippen LogP contribution in [0.15, 0.2) is 0 Å². The van der Waals surface area contributed by atoms with Gasteiger partial charge in [-0.2, -0.15) is 0 Å². The molecule has 4 aliphatic carbocycles. The molecule has 5 rings (SSSR count). The molecule has 0 spiro atoms. The minimum atomic E-state index is -0.139. The molecule has 1 saturated heterocycles. The molecule has 7 atom stereocenters. The highest BCUT2D eigenvalue weighted by atomic mass is 16.5. The first-order chi connectivity index (χ1) is 14.4. The van der Waals surface area contributed by atoms with Crippen molar-refractivity contribution in [3.8, 4) is 0 Å². The maximum Gasteiger partial charge on any atom is 0.139 e. The van der Waals surface area contributed by atoms with E-state index in [9.17, 15) is 9.59 Å². The van der Waals surface area contributed by atoms with Gasteiger partial charge >= 0.3 is 0 Å². The summed E-state index contributed by atoms with van der Waals surface area (Å²) in [5, 5.41) is 0. The van der Waals surface area contributed by atoms with Crippen molar-refractivity contribution >= 4 is 11.6 Å². The van der Waals surface area contributed by atoms with E-state index in [0.717, 1.165) is 64.5 Å². The van der Waals surface area contributed by atoms with Crippen LogP contribution in [0, 0.1) is 34.5 Å². The number of nitrogens with zero attached hydrogens (tertiary/aromatic N) is 1. The molecule has 0 aromatic heterocycles. The van der Waals surface area contributed by atoms with Crippen LogP contribution in [-0.2, 0) is 14.3 Å². The molecule has 5 fully saturated rings. The number of fused-ring (bicyclic) bond motifs is 5. The van der Waals surface area contributed by atoms with Crippen LogP contribution in [0.5, 0.6) is 0 Å². The standard InChI is InChI=1S/C26H41NO3/c1-25-10-8-18(30-15-14-27-12-4-3-5-13-27)16-22(25)23(28)17-19-20-6-7-24(29)26(20,2)11-9-21(19)25/h18-22H,3-17H2,1-2H3/t18?,19-,20-,21+,22?,25+,26-/m0/s1. The molecule has 168 valence electrons. The zero-order chi connectivity index (χ0) is 20.9. The smallest absolute Gasteiger partial charge is 0.139 e. The second-order valence-corrected chi connectivity index (χ2v) is 11.7. The summed E-state index contributed by atoms with van der Waals surface area (Å²) in [5.41, 5.74) is -0.0148. The summed E-state index contributed by atoms with van der Waals surface area (Å²) in [6, 6.07) is 0. The van der Waals surface area contributed by atoms with Crippen molar-refractivity contribution in [2.24, 2.45) is 34.5 Å². The van der Waals surface area contributed by atoms with Gasteiger partial charge < -0.3 is 9.64 Å². The average Bonchev–Trinajstić information content (AvgIpc) is 3.05. The molecule has 0 aromatic carbocycles. The van der Waals surface area contributed by atoms with E-state index in [1.165, 1.54) is 32.4 Å². The fourth-order valence-corrected chi connectivity index (χ4v) is 8.46. The zero-order valence-electron chi connectivity index (χ0n) is 19.2. The summed E-state index contributed by atoms with van der Waals surface area (Å²) in [6.07, 6.45) is 12.1. The first-order valence-electron chi connectivity index (χ1n) is 12.8. The van der Waals surface area contributed by atoms with E-state index in [-0.39, 0.29) is 22.9 Å². The number of hydrogen-bond acceptors (Lipinski definition) is 4. The Kier molecular flexibility index (Phi) is 5.63. The van der Waals surface area contributed by atoms with Crippen LogP contribution < -0.4 is 0 Å². The summed E-state index contributed by atoms with van der Waals surface area (Å²) in [6.45, 7) is 8.92. The third-order valence-corrected chi connectivity index (χ3v) is 10.3. The molecule has 1 heterocycles. The van der Waals surface area contributed by atoms with Crippen LogP contribution >= 0.6 is 0 Å². The first-order valence-corrected chi connectivity index (χ1v) is 12.8. The van der Waals surface area contributed by atoms with Gasteiger partial charge in [0.2, 0.25) is 0 Å². The highest BCUT2D eigenvalue weighted by Gasteiger charge is 2.62.